The van der Waals surface area contributed by atoms with E-state index in [-0.39, 0.29) is 18.4 Å². The molecule has 1 unspecified atom stereocenters. The van der Waals surface area contributed by atoms with E-state index in [4.69, 9.17) is 4.74 Å². The maximum atomic E-state index is 12.2. The van der Waals surface area contributed by atoms with Crippen molar-refractivity contribution >= 4 is 15.9 Å². The number of carbonyl (C=O) groups excluding carboxylic acids is 1. The van der Waals surface area contributed by atoms with Crippen LogP contribution in [0.1, 0.15) is 30.4 Å². The second-order valence-electron chi connectivity index (χ2n) is 6.88. The number of carbonyl (C=O) groups is 1. The maximum Gasteiger partial charge on any atom is 0.224 e. The van der Waals surface area contributed by atoms with Crippen LogP contribution in [0.15, 0.2) is 18.2 Å². The molecule has 0 bridgehead atoms. The molecular weight excluding hydrogens is 340 g/mol. The molecule has 2 aliphatic rings. The van der Waals surface area contributed by atoms with Crippen LogP contribution < -0.4 is 10.1 Å². The van der Waals surface area contributed by atoms with E-state index in [1.54, 1.807) is 0 Å². The van der Waals surface area contributed by atoms with Crippen LogP contribution in [0.25, 0.3) is 0 Å². The van der Waals surface area contributed by atoms with Crippen molar-refractivity contribution in [2.24, 2.45) is 5.92 Å². The molecule has 1 saturated heterocycles. The molecule has 7 heteroatoms. The molecule has 0 aromatic heterocycles. The summed E-state index contributed by atoms with van der Waals surface area (Å²) in [5.41, 5.74) is 2.78. The number of nitrogens with one attached hydrogen (secondary N) is 1. The van der Waals surface area contributed by atoms with Gasteiger partial charge in [-0.1, -0.05) is 6.07 Å². The predicted molar refractivity (Wildman–Crippen MR) is 96.1 cm³/mol. The van der Waals surface area contributed by atoms with Gasteiger partial charge in [0.2, 0.25) is 15.9 Å². The van der Waals surface area contributed by atoms with Gasteiger partial charge in [0.05, 0.1) is 18.7 Å². The minimum atomic E-state index is -3.23. The summed E-state index contributed by atoms with van der Waals surface area (Å²) in [6.45, 7) is 1.61. The zero-order valence-corrected chi connectivity index (χ0v) is 15.5. The third-order valence-electron chi connectivity index (χ3n) is 4.96. The van der Waals surface area contributed by atoms with Crippen LogP contribution in [0.5, 0.6) is 5.75 Å². The Balaban J connectivity index is 1.42. The third-order valence-corrected chi connectivity index (χ3v) is 6.23. The zero-order valence-electron chi connectivity index (χ0n) is 14.7. The number of hydrogen-bond acceptors (Lipinski definition) is 4. The molecule has 1 aliphatic heterocycles. The topological polar surface area (TPSA) is 75.7 Å². The van der Waals surface area contributed by atoms with Gasteiger partial charge in [0.25, 0.3) is 0 Å². The fourth-order valence-corrected chi connectivity index (χ4v) is 4.49. The SMILES string of the molecule is CS(=O)(=O)N1CCCC(C(=O)NCCOc2ccc3c(c2)CCC3)C1. The van der Waals surface area contributed by atoms with Gasteiger partial charge in [-0.3, -0.25) is 4.79 Å². The van der Waals surface area contributed by atoms with Crippen LogP contribution in [0.2, 0.25) is 0 Å². The van der Waals surface area contributed by atoms with Crippen LogP contribution in [-0.4, -0.2) is 51.1 Å². The summed E-state index contributed by atoms with van der Waals surface area (Å²) in [7, 11) is -3.23. The van der Waals surface area contributed by atoms with E-state index in [2.05, 4.69) is 17.4 Å². The monoisotopic (exact) mass is 366 g/mol. The van der Waals surface area contributed by atoms with Crippen molar-refractivity contribution in [3.05, 3.63) is 29.3 Å². The molecule has 1 atom stereocenters. The van der Waals surface area contributed by atoms with Crippen LogP contribution in [0.4, 0.5) is 0 Å². The molecule has 3 rings (SSSR count). The number of aryl methyl sites for hydroxylation is 2. The fourth-order valence-electron chi connectivity index (χ4n) is 3.58. The summed E-state index contributed by atoms with van der Waals surface area (Å²) in [6.07, 6.45) is 6.11. The van der Waals surface area contributed by atoms with E-state index >= 15 is 0 Å². The van der Waals surface area contributed by atoms with Gasteiger partial charge in [-0.15, -0.1) is 0 Å². The molecule has 1 heterocycles. The molecule has 0 spiro atoms. The van der Waals surface area contributed by atoms with E-state index < -0.39 is 10.0 Å². The van der Waals surface area contributed by atoms with Crippen molar-refractivity contribution < 1.29 is 17.9 Å². The molecule has 1 fully saturated rings. The maximum absolute atomic E-state index is 12.2. The summed E-state index contributed by atoms with van der Waals surface area (Å²) in [4.78, 5) is 12.2. The second-order valence-corrected chi connectivity index (χ2v) is 8.87. The zero-order chi connectivity index (χ0) is 17.9. The van der Waals surface area contributed by atoms with E-state index in [9.17, 15) is 13.2 Å². The molecule has 1 aromatic rings. The number of nitrogens with zero attached hydrogens (tertiary/aromatic N) is 1. The predicted octanol–water partition coefficient (Wildman–Crippen LogP) is 1.34. The summed E-state index contributed by atoms with van der Waals surface area (Å²) in [6, 6.07) is 6.20. The lowest BCUT2D eigenvalue weighted by Gasteiger charge is -2.30. The van der Waals surface area contributed by atoms with Crippen molar-refractivity contribution in [2.75, 3.05) is 32.5 Å². The van der Waals surface area contributed by atoms with Gasteiger partial charge in [-0.2, -0.15) is 0 Å². The highest BCUT2D eigenvalue weighted by atomic mass is 32.2. The second kappa shape index (κ2) is 7.74. The van der Waals surface area contributed by atoms with Crippen LogP contribution >= 0.6 is 0 Å². The van der Waals surface area contributed by atoms with Gasteiger partial charge < -0.3 is 10.1 Å². The first-order valence-corrected chi connectivity index (χ1v) is 10.8. The highest BCUT2D eigenvalue weighted by Crippen LogP contribution is 2.26. The molecule has 138 valence electrons. The Morgan fingerprint density at radius 1 is 1.28 bits per heavy atom. The molecular formula is C18H26N2O4S. The van der Waals surface area contributed by atoms with Crippen molar-refractivity contribution in [3.8, 4) is 5.75 Å². The lowest BCUT2D eigenvalue weighted by Crippen LogP contribution is -2.45. The highest BCUT2D eigenvalue weighted by Gasteiger charge is 2.29. The Kier molecular flexibility index (Phi) is 5.64. The largest absolute Gasteiger partial charge is 0.492 e. The number of rotatable bonds is 6. The van der Waals surface area contributed by atoms with Gasteiger partial charge >= 0.3 is 0 Å². The average Bonchev–Trinajstić information content (AvgIpc) is 3.05. The van der Waals surface area contributed by atoms with Crippen LogP contribution in [-0.2, 0) is 27.7 Å². The number of ether oxygens (including phenoxy) is 1. The smallest absolute Gasteiger partial charge is 0.224 e. The van der Waals surface area contributed by atoms with E-state index in [0.717, 1.165) is 31.4 Å². The summed E-state index contributed by atoms with van der Waals surface area (Å²) in [5.74, 6) is 0.477. The minimum absolute atomic E-state index is 0.0918. The lowest BCUT2D eigenvalue weighted by atomic mass is 9.99. The number of fused-ring (bicyclic) bond motifs is 1. The van der Waals surface area contributed by atoms with E-state index in [1.165, 1.54) is 28.1 Å². The fraction of sp³-hybridized carbons (Fsp3) is 0.611. The number of benzene rings is 1. The molecule has 25 heavy (non-hydrogen) atoms. The molecule has 1 amide bonds. The Hall–Kier alpha value is -1.60. The van der Waals surface area contributed by atoms with Crippen LogP contribution in [0, 0.1) is 5.92 Å². The summed E-state index contributed by atoms with van der Waals surface area (Å²) >= 11 is 0. The Bertz CT molecular complexity index is 733. The molecule has 1 N–H and O–H groups in total. The van der Waals surface area contributed by atoms with Crippen molar-refractivity contribution in [1.29, 1.82) is 0 Å². The Morgan fingerprint density at radius 3 is 2.88 bits per heavy atom. The molecule has 0 radical (unpaired) electrons. The quantitative estimate of drug-likeness (QED) is 0.771. The first-order chi connectivity index (χ1) is 11.9. The standard InChI is InChI=1S/C18H26N2O4S/c1-25(22,23)20-10-3-6-16(13-20)18(21)19-9-11-24-17-8-7-14-4-2-5-15(14)12-17/h7-8,12,16H,2-6,9-11,13H2,1H3,(H,19,21). The van der Waals surface area contributed by atoms with Gasteiger partial charge in [0.1, 0.15) is 12.4 Å². The minimum Gasteiger partial charge on any atom is -0.492 e. The van der Waals surface area contributed by atoms with Gasteiger partial charge in [0.15, 0.2) is 0 Å². The number of piperidine rings is 1. The molecule has 1 aromatic carbocycles. The molecule has 1 aliphatic carbocycles. The average molecular weight is 366 g/mol. The first kappa shape index (κ1) is 18.2. The normalized spacial score (nSPS) is 20.9. The van der Waals surface area contributed by atoms with Gasteiger partial charge in [-0.05, 0) is 55.4 Å². The van der Waals surface area contributed by atoms with Crippen molar-refractivity contribution in [2.45, 2.75) is 32.1 Å². The van der Waals surface area contributed by atoms with Crippen LogP contribution in [0.3, 0.4) is 0 Å². The van der Waals surface area contributed by atoms with Crippen molar-refractivity contribution in [1.82, 2.24) is 9.62 Å². The number of hydrogen-bond donors (Lipinski definition) is 1. The van der Waals surface area contributed by atoms with Crippen molar-refractivity contribution in [3.63, 3.8) is 0 Å². The number of sulfonamides is 1. The summed E-state index contributed by atoms with van der Waals surface area (Å²) < 4.78 is 30.4. The van der Waals surface area contributed by atoms with Gasteiger partial charge in [0, 0.05) is 13.1 Å². The Labute approximate surface area is 149 Å². The summed E-state index contributed by atoms with van der Waals surface area (Å²) in [5, 5.41) is 2.86. The van der Waals surface area contributed by atoms with Gasteiger partial charge in [-0.25, -0.2) is 12.7 Å². The third kappa shape index (κ3) is 4.73. The molecule has 0 saturated carbocycles. The number of amides is 1. The highest BCUT2D eigenvalue weighted by molar-refractivity contribution is 7.88. The lowest BCUT2D eigenvalue weighted by molar-refractivity contribution is -0.126. The van der Waals surface area contributed by atoms with E-state index in [1.807, 2.05) is 6.07 Å². The first-order valence-electron chi connectivity index (χ1n) is 8.91. The molecule has 6 nitrogen and oxygen atoms in total. The van der Waals surface area contributed by atoms with E-state index in [0.29, 0.717) is 19.7 Å². The Morgan fingerprint density at radius 2 is 2.08 bits per heavy atom.